The number of rotatable bonds is 7. The van der Waals surface area contributed by atoms with E-state index < -0.39 is 11.7 Å². The Morgan fingerprint density at radius 1 is 1.23 bits per heavy atom. The predicted octanol–water partition coefficient (Wildman–Crippen LogP) is 4.06. The van der Waals surface area contributed by atoms with Gasteiger partial charge in [-0.25, -0.2) is 24.7 Å². The van der Waals surface area contributed by atoms with Gasteiger partial charge in [0.1, 0.15) is 11.7 Å². The molecule has 12 heteroatoms. The number of ether oxygens (including phenoxy) is 3. The summed E-state index contributed by atoms with van der Waals surface area (Å²) in [4.78, 5) is 36.3. The van der Waals surface area contributed by atoms with Crippen LogP contribution in [0.3, 0.4) is 0 Å². The molecule has 1 saturated heterocycles. The molecule has 11 nitrogen and oxygen atoms in total. The quantitative estimate of drug-likeness (QED) is 0.509. The Balaban J connectivity index is 1.34. The van der Waals surface area contributed by atoms with Crippen LogP contribution in [0.5, 0.6) is 6.01 Å². The van der Waals surface area contributed by atoms with Gasteiger partial charge in [0.2, 0.25) is 5.95 Å². The number of carbonyl (C=O) groups excluding carboxylic acids is 1. The molecule has 0 saturated carbocycles. The molecule has 0 spiro atoms. The van der Waals surface area contributed by atoms with Gasteiger partial charge in [0, 0.05) is 44.0 Å². The van der Waals surface area contributed by atoms with Gasteiger partial charge >= 0.3 is 12.1 Å². The van der Waals surface area contributed by atoms with Crippen molar-refractivity contribution in [3.63, 3.8) is 0 Å². The summed E-state index contributed by atoms with van der Waals surface area (Å²) in [6, 6.07) is 2.14. The summed E-state index contributed by atoms with van der Waals surface area (Å²) in [7, 11) is 1.67. The maximum Gasteiger partial charge on any atom is 0.410 e. The summed E-state index contributed by atoms with van der Waals surface area (Å²) in [6.45, 7) is 7.15. The van der Waals surface area contributed by atoms with Crippen LogP contribution >= 0.6 is 11.3 Å². The molecule has 0 aliphatic carbocycles. The van der Waals surface area contributed by atoms with Gasteiger partial charge in [-0.1, -0.05) is 11.3 Å². The number of carbonyl (C=O) groups is 1. The van der Waals surface area contributed by atoms with E-state index in [2.05, 4.69) is 30.2 Å². The van der Waals surface area contributed by atoms with Crippen molar-refractivity contribution in [3.8, 4) is 16.6 Å². The molecule has 1 fully saturated rings. The lowest BCUT2D eigenvalue weighted by molar-refractivity contribution is 0.00342. The molecule has 186 valence electrons. The average molecular weight is 500 g/mol. The molecule has 3 aromatic rings. The van der Waals surface area contributed by atoms with Crippen molar-refractivity contribution in [1.29, 1.82) is 0 Å². The van der Waals surface area contributed by atoms with Gasteiger partial charge in [-0.3, -0.25) is 0 Å². The molecule has 35 heavy (non-hydrogen) atoms. The summed E-state index contributed by atoms with van der Waals surface area (Å²) >= 11 is 1.42. The highest BCUT2D eigenvalue weighted by Crippen LogP contribution is 2.29. The van der Waals surface area contributed by atoms with E-state index in [9.17, 15) is 4.79 Å². The molecule has 4 heterocycles. The van der Waals surface area contributed by atoms with Crippen LogP contribution in [0.4, 0.5) is 15.9 Å². The predicted molar refractivity (Wildman–Crippen MR) is 131 cm³/mol. The minimum Gasteiger partial charge on any atom is -0.458 e. The second-order valence-electron chi connectivity index (χ2n) is 9.09. The minimum absolute atomic E-state index is 0.0262. The Bertz CT molecular complexity index is 1130. The van der Waals surface area contributed by atoms with Crippen molar-refractivity contribution in [2.45, 2.75) is 51.9 Å². The van der Waals surface area contributed by atoms with Crippen LogP contribution < -0.4 is 10.1 Å². The Labute approximate surface area is 207 Å². The zero-order chi connectivity index (χ0) is 24.8. The van der Waals surface area contributed by atoms with E-state index >= 15 is 0 Å². The standard InChI is InChI=1S/C23H29N7O4S/c1-23(2,3)34-22(31)30(4)13-15-10-25-19(26-11-15)29-21-27-12-18(35-21)17-7-8-24-20(28-17)33-16-6-5-9-32-14-16/h7-8,10-12,16H,5-6,9,13-14H2,1-4H3,(H,25,26,27,29). The van der Waals surface area contributed by atoms with E-state index in [1.165, 1.54) is 16.2 Å². The van der Waals surface area contributed by atoms with Crippen LogP contribution in [-0.2, 0) is 16.0 Å². The molecule has 1 amide bonds. The van der Waals surface area contributed by atoms with Gasteiger partial charge in [0.15, 0.2) is 5.13 Å². The molecule has 1 atom stereocenters. The van der Waals surface area contributed by atoms with Gasteiger partial charge in [-0.05, 0) is 39.7 Å². The molecule has 0 aromatic carbocycles. The molecule has 1 N–H and O–H groups in total. The largest absolute Gasteiger partial charge is 0.458 e. The second-order valence-corrected chi connectivity index (χ2v) is 10.1. The normalized spacial score (nSPS) is 15.9. The van der Waals surface area contributed by atoms with Gasteiger partial charge in [-0.15, -0.1) is 0 Å². The third kappa shape index (κ3) is 7.30. The van der Waals surface area contributed by atoms with Crippen molar-refractivity contribution in [2.24, 2.45) is 0 Å². The van der Waals surface area contributed by atoms with E-state index in [-0.39, 0.29) is 6.10 Å². The number of anilines is 2. The number of aromatic nitrogens is 5. The van der Waals surface area contributed by atoms with E-state index in [1.54, 1.807) is 31.8 Å². The molecule has 0 bridgehead atoms. The van der Waals surface area contributed by atoms with E-state index in [1.807, 2.05) is 26.8 Å². The van der Waals surface area contributed by atoms with E-state index in [4.69, 9.17) is 14.2 Å². The van der Waals surface area contributed by atoms with Crippen molar-refractivity contribution >= 4 is 28.5 Å². The molecule has 3 aromatic heterocycles. The van der Waals surface area contributed by atoms with Crippen LogP contribution in [0.15, 0.2) is 30.9 Å². The molecular weight excluding hydrogens is 470 g/mol. The third-order valence-electron chi connectivity index (χ3n) is 4.83. The summed E-state index contributed by atoms with van der Waals surface area (Å²) in [5.41, 5.74) is 0.951. The molecule has 0 radical (unpaired) electrons. The fourth-order valence-electron chi connectivity index (χ4n) is 3.21. The van der Waals surface area contributed by atoms with Crippen LogP contribution in [0, 0.1) is 0 Å². The lowest BCUT2D eigenvalue weighted by Crippen LogP contribution is -2.33. The summed E-state index contributed by atoms with van der Waals surface area (Å²) < 4.78 is 16.7. The third-order valence-corrected chi connectivity index (χ3v) is 5.77. The first kappa shape index (κ1) is 24.7. The van der Waals surface area contributed by atoms with Crippen molar-refractivity contribution in [3.05, 3.63) is 36.4 Å². The number of thiazole rings is 1. The fourth-order valence-corrected chi connectivity index (χ4v) is 3.99. The van der Waals surface area contributed by atoms with E-state index in [0.717, 1.165) is 35.6 Å². The number of amides is 1. The smallest absolute Gasteiger partial charge is 0.410 e. The molecule has 1 aliphatic heterocycles. The number of hydrogen-bond acceptors (Lipinski definition) is 11. The van der Waals surface area contributed by atoms with Gasteiger partial charge < -0.3 is 24.4 Å². The molecular formula is C23H29N7O4S. The van der Waals surface area contributed by atoms with Crippen LogP contribution in [0.1, 0.15) is 39.2 Å². The minimum atomic E-state index is -0.549. The van der Waals surface area contributed by atoms with Gasteiger partial charge in [0.05, 0.1) is 23.7 Å². The van der Waals surface area contributed by atoms with Crippen LogP contribution in [-0.4, -0.2) is 67.9 Å². The molecule has 1 unspecified atom stereocenters. The number of hydrogen-bond donors (Lipinski definition) is 1. The van der Waals surface area contributed by atoms with E-state index in [0.29, 0.717) is 30.2 Å². The van der Waals surface area contributed by atoms with Crippen molar-refractivity contribution in [1.82, 2.24) is 29.8 Å². The first-order valence-electron chi connectivity index (χ1n) is 11.3. The lowest BCUT2D eigenvalue weighted by Gasteiger charge is -2.24. The zero-order valence-electron chi connectivity index (χ0n) is 20.2. The maximum atomic E-state index is 12.1. The zero-order valence-corrected chi connectivity index (χ0v) is 21.0. The number of nitrogens with one attached hydrogen (secondary N) is 1. The summed E-state index contributed by atoms with van der Waals surface area (Å²) in [6.07, 6.45) is 8.19. The SMILES string of the molecule is CN(Cc1cnc(Nc2ncc(-c3ccnc(OC4CCCOC4)n3)s2)nc1)C(=O)OC(C)(C)C. The fraction of sp³-hybridized carbons (Fsp3) is 0.478. The highest BCUT2D eigenvalue weighted by atomic mass is 32.1. The summed E-state index contributed by atoms with van der Waals surface area (Å²) in [5.74, 6) is 0.401. The number of nitrogens with zero attached hydrogens (tertiary/aromatic N) is 6. The Kier molecular flexibility index (Phi) is 7.71. The molecule has 4 rings (SSSR count). The summed E-state index contributed by atoms with van der Waals surface area (Å²) in [5, 5.41) is 3.72. The molecule has 1 aliphatic rings. The Morgan fingerprint density at radius 2 is 2.03 bits per heavy atom. The topological polar surface area (TPSA) is 124 Å². The average Bonchev–Trinajstić information content (AvgIpc) is 3.29. The highest BCUT2D eigenvalue weighted by Gasteiger charge is 2.20. The van der Waals surface area contributed by atoms with Crippen LogP contribution in [0.2, 0.25) is 0 Å². The van der Waals surface area contributed by atoms with Crippen molar-refractivity contribution in [2.75, 3.05) is 25.6 Å². The maximum absolute atomic E-state index is 12.1. The lowest BCUT2D eigenvalue weighted by atomic mass is 10.2. The Morgan fingerprint density at radius 3 is 2.74 bits per heavy atom. The van der Waals surface area contributed by atoms with Crippen molar-refractivity contribution < 1.29 is 19.0 Å². The first-order valence-corrected chi connectivity index (χ1v) is 12.1. The second kappa shape index (κ2) is 10.9. The van der Waals surface area contributed by atoms with Gasteiger partial charge in [-0.2, -0.15) is 4.98 Å². The van der Waals surface area contributed by atoms with Gasteiger partial charge in [0.25, 0.3) is 0 Å². The Hall–Kier alpha value is -3.38. The van der Waals surface area contributed by atoms with Crippen LogP contribution in [0.25, 0.3) is 10.6 Å². The first-order chi connectivity index (χ1) is 16.7. The highest BCUT2D eigenvalue weighted by molar-refractivity contribution is 7.18. The monoisotopic (exact) mass is 499 g/mol.